The predicted octanol–water partition coefficient (Wildman–Crippen LogP) is 0.905. The Balaban J connectivity index is 2.60. The molecular weight excluding hydrogens is 186 g/mol. The van der Waals surface area contributed by atoms with E-state index in [1.807, 2.05) is 0 Å². The van der Waals surface area contributed by atoms with Crippen molar-refractivity contribution in [1.82, 2.24) is 4.90 Å². The van der Waals surface area contributed by atoms with Gasteiger partial charge in [0.15, 0.2) is 9.84 Å². The maximum Gasteiger partial charge on any atom is 0.152 e. The van der Waals surface area contributed by atoms with E-state index in [-0.39, 0.29) is 5.54 Å². The van der Waals surface area contributed by atoms with E-state index in [1.165, 1.54) is 0 Å². The molecule has 0 aromatic carbocycles. The molecule has 0 unspecified atom stereocenters. The first-order valence-corrected chi connectivity index (χ1v) is 6.65. The van der Waals surface area contributed by atoms with Crippen molar-refractivity contribution in [3.63, 3.8) is 0 Å². The topological polar surface area (TPSA) is 37.4 Å². The third-order valence-corrected chi connectivity index (χ3v) is 4.67. The lowest BCUT2D eigenvalue weighted by Crippen LogP contribution is -2.51. The second-order valence-electron chi connectivity index (χ2n) is 4.30. The van der Waals surface area contributed by atoms with Crippen LogP contribution in [-0.2, 0) is 9.84 Å². The standard InChI is InChI=1S/C9H19NO2S/c1-4-9(2,3)10-5-7-13(11,12)8-6-10/h4-8H2,1-3H3. The van der Waals surface area contributed by atoms with Crippen LogP contribution in [0.15, 0.2) is 0 Å². The van der Waals surface area contributed by atoms with Gasteiger partial charge in [-0.15, -0.1) is 0 Å². The summed E-state index contributed by atoms with van der Waals surface area (Å²) in [7, 11) is -2.73. The summed E-state index contributed by atoms with van der Waals surface area (Å²) in [5, 5.41) is 0. The van der Waals surface area contributed by atoms with Crippen LogP contribution in [0.2, 0.25) is 0 Å². The van der Waals surface area contributed by atoms with Crippen LogP contribution in [0.4, 0.5) is 0 Å². The molecule has 0 spiro atoms. The Kier molecular flexibility index (Phi) is 3.02. The summed E-state index contributed by atoms with van der Waals surface area (Å²) in [4.78, 5) is 2.27. The molecule has 1 saturated heterocycles. The van der Waals surface area contributed by atoms with Gasteiger partial charge in [0.25, 0.3) is 0 Å². The molecule has 0 aromatic heterocycles. The predicted molar refractivity (Wildman–Crippen MR) is 54.6 cm³/mol. The fourth-order valence-electron chi connectivity index (χ4n) is 1.54. The smallest absolute Gasteiger partial charge is 0.152 e. The van der Waals surface area contributed by atoms with Gasteiger partial charge in [0, 0.05) is 18.6 Å². The first kappa shape index (κ1) is 11.0. The average Bonchev–Trinajstić information content (AvgIpc) is 2.04. The van der Waals surface area contributed by atoms with Gasteiger partial charge in [0.1, 0.15) is 0 Å². The van der Waals surface area contributed by atoms with Crippen LogP contribution >= 0.6 is 0 Å². The van der Waals surface area contributed by atoms with Gasteiger partial charge in [0.2, 0.25) is 0 Å². The van der Waals surface area contributed by atoms with E-state index in [0.717, 1.165) is 6.42 Å². The van der Waals surface area contributed by atoms with E-state index in [2.05, 4.69) is 25.7 Å². The van der Waals surface area contributed by atoms with E-state index in [1.54, 1.807) is 0 Å². The molecule has 0 radical (unpaired) electrons. The van der Waals surface area contributed by atoms with Gasteiger partial charge < -0.3 is 0 Å². The second kappa shape index (κ2) is 3.58. The molecule has 0 saturated carbocycles. The summed E-state index contributed by atoms with van der Waals surface area (Å²) in [6.07, 6.45) is 1.06. The number of nitrogens with zero attached hydrogens (tertiary/aromatic N) is 1. The van der Waals surface area contributed by atoms with Crippen molar-refractivity contribution in [2.45, 2.75) is 32.7 Å². The van der Waals surface area contributed by atoms with Gasteiger partial charge in [-0.2, -0.15) is 0 Å². The quantitative estimate of drug-likeness (QED) is 0.672. The van der Waals surface area contributed by atoms with E-state index in [4.69, 9.17) is 0 Å². The molecule has 1 heterocycles. The highest BCUT2D eigenvalue weighted by molar-refractivity contribution is 7.91. The number of hydrogen-bond donors (Lipinski definition) is 0. The SMILES string of the molecule is CCC(C)(C)N1CCS(=O)(=O)CC1. The fraction of sp³-hybridized carbons (Fsp3) is 1.00. The molecule has 78 valence electrons. The summed E-state index contributed by atoms with van der Waals surface area (Å²) in [5.41, 5.74) is 0.149. The minimum Gasteiger partial charge on any atom is -0.296 e. The zero-order chi connectivity index (χ0) is 10.1. The van der Waals surface area contributed by atoms with Gasteiger partial charge in [-0.3, -0.25) is 4.90 Å². The lowest BCUT2D eigenvalue weighted by atomic mass is 9.99. The minimum atomic E-state index is -2.73. The van der Waals surface area contributed by atoms with Crippen LogP contribution in [0.25, 0.3) is 0 Å². The van der Waals surface area contributed by atoms with Crippen molar-refractivity contribution in [2.75, 3.05) is 24.6 Å². The van der Waals surface area contributed by atoms with Crippen molar-refractivity contribution < 1.29 is 8.42 Å². The molecule has 0 aliphatic carbocycles. The van der Waals surface area contributed by atoms with Crippen LogP contribution in [0.1, 0.15) is 27.2 Å². The molecule has 0 atom stereocenters. The summed E-state index contributed by atoms with van der Waals surface area (Å²) in [6.45, 7) is 7.88. The van der Waals surface area contributed by atoms with E-state index in [9.17, 15) is 8.42 Å². The molecule has 4 heteroatoms. The molecule has 1 fully saturated rings. The Bertz CT molecular complexity index is 255. The molecule has 0 N–H and O–H groups in total. The molecule has 13 heavy (non-hydrogen) atoms. The number of rotatable bonds is 2. The van der Waals surface area contributed by atoms with Gasteiger partial charge in [-0.05, 0) is 20.3 Å². The molecule has 0 amide bonds. The van der Waals surface area contributed by atoms with Crippen molar-refractivity contribution in [1.29, 1.82) is 0 Å². The van der Waals surface area contributed by atoms with Crippen LogP contribution in [0, 0.1) is 0 Å². The largest absolute Gasteiger partial charge is 0.296 e. The molecular formula is C9H19NO2S. The Hall–Kier alpha value is -0.0900. The maximum atomic E-state index is 11.2. The molecule has 0 aromatic rings. The summed E-state index contributed by atoms with van der Waals surface area (Å²) in [5.74, 6) is 0.660. The van der Waals surface area contributed by atoms with Crippen molar-refractivity contribution in [3.8, 4) is 0 Å². The summed E-state index contributed by atoms with van der Waals surface area (Å²) in [6, 6.07) is 0. The Labute approximate surface area is 81.0 Å². The number of hydrogen-bond acceptors (Lipinski definition) is 3. The lowest BCUT2D eigenvalue weighted by molar-refractivity contribution is 0.128. The Morgan fingerprint density at radius 3 is 2.08 bits per heavy atom. The highest BCUT2D eigenvalue weighted by Gasteiger charge is 2.30. The molecule has 3 nitrogen and oxygen atoms in total. The Morgan fingerprint density at radius 2 is 1.69 bits per heavy atom. The van der Waals surface area contributed by atoms with Crippen LogP contribution < -0.4 is 0 Å². The van der Waals surface area contributed by atoms with Gasteiger partial charge in [0.05, 0.1) is 11.5 Å². The van der Waals surface area contributed by atoms with Crippen molar-refractivity contribution in [2.24, 2.45) is 0 Å². The number of sulfone groups is 1. The normalized spacial score (nSPS) is 24.5. The highest BCUT2D eigenvalue weighted by atomic mass is 32.2. The summed E-state index contributed by atoms with van der Waals surface area (Å²) >= 11 is 0. The second-order valence-corrected chi connectivity index (χ2v) is 6.61. The highest BCUT2D eigenvalue weighted by Crippen LogP contribution is 2.20. The summed E-state index contributed by atoms with van der Waals surface area (Å²) < 4.78 is 22.4. The van der Waals surface area contributed by atoms with E-state index in [0.29, 0.717) is 24.6 Å². The van der Waals surface area contributed by atoms with E-state index >= 15 is 0 Å². The third kappa shape index (κ3) is 2.68. The average molecular weight is 205 g/mol. The van der Waals surface area contributed by atoms with Crippen LogP contribution in [0.3, 0.4) is 0 Å². The first-order chi connectivity index (χ1) is 5.87. The molecule has 1 rings (SSSR count). The van der Waals surface area contributed by atoms with E-state index < -0.39 is 9.84 Å². The van der Waals surface area contributed by atoms with Crippen molar-refractivity contribution >= 4 is 9.84 Å². The van der Waals surface area contributed by atoms with Gasteiger partial charge in [-0.1, -0.05) is 6.92 Å². The van der Waals surface area contributed by atoms with Crippen molar-refractivity contribution in [3.05, 3.63) is 0 Å². The first-order valence-electron chi connectivity index (χ1n) is 4.83. The Morgan fingerprint density at radius 1 is 1.23 bits per heavy atom. The molecule has 1 aliphatic rings. The fourth-order valence-corrected chi connectivity index (χ4v) is 2.74. The zero-order valence-electron chi connectivity index (χ0n) is 8.71. The van der Waals surface area contributed by atoms with Crippen LogP contribution in [-0.4, -0.2) is 43.5 Å². The minimum absolute atomic E-state index is 0.149. The van der Waals surface area contributed by atoms with Gasteiger partial charge >= 0.3 is 0 Å². The lowest BCUT2D eigenvalue weighted by Gasteiger charge is -2.40. The molecule has 1 aliphatic heterocycles. The molecule has 0 bridgehead atoms. The van der Waals surface area contributed by atoms with Gasteiger partial charge in [-0.25, -0.2) is 8.42 Å². The zero-order valence-corrected chi connectivity index (χ0v) is 9.52. The third-order valence-electron chi connectivity index (χ3n) is 3.07. The monoisotopic (exact) mass is 205 g/mol. The van der Waals surface area contributed by atoms with Crippen LogP contribution in [0.5, 0.6) is 0 Å². The maximum absolute atomic E-state index is 11.2.